The maximum Gasteiger partial charge on any atom is 0.387 e. The first-order valence-corrected chi connectivity index (χ1v) is 10.8. The molecular formula is C18H28F2IN3O5S. The Balaban J connectivity index is 0.00000450. The molecule has 12 heteroatoms. The van der Waals surface area contributed by atoms with Crippen LogP contribution in [-0.4, -0.2) is 51.4 Å². The second-order valence-corrected chi connectivity index (χ2v) is 10.1. The lowest BCUT2D eigenvalue weighted by Gasteiger charge is -2.20. The number of fused-ring (bicyclic) bond motifs is 1. The molecule has 172 valence electrons. The van der Waals surface area contributed by atoms with Gasteiger partial charge in [-0.1, -0.05) is 0 Å². The SMILES string of the molecule is CCNC(=NCc1cc2c(cc1OC(F)F)OCO2)NCCS(=O)(=O)C(C)(C)C.I. The number of ether oxygens (including phenoxy) is 3. The fraction of sp³-hybridized carbons (Fsp3) is 0.611. The van der Waals surface area contributed by atoms with Crippen molar-refractivity contribution in [2.75, 3.05) is 25.6 Å². The van der Waals surface area contributed by atoms with Gasteiger partial charge in [-0.15, -0.1) is 24.0 Å². The molecule has 1 heterocycles. The van der Waals surface area contributed by atoms with Crippen LogP contribution in [0.3, 0.4) is 0 Å². The van der Waals surface area contributed by atoms with Gasteiger partial charge in [0.2, 0.25) is 6.79 Å². The highest BCUT2D eigenvalue weighted by atomic mass is 127. The Bertz CT molecular complexity index is 845. The smallest absolute Gasteiger partial charge is 0.387 e. The number of rotatable bonds is 8. The van der Waals surface area contributed by atoms with E-state index in [0.29, 0.717) is 29.6 Å². The van der Waals surface area contributed by atoms with E-state index in [2.05, 4.69) is 20.4 Å². The molecule has 8 nitrogen and oxygen atoms in total. The zero-order valence-corrected chi connectivity index (χ0v) is 20.5. The van der Waals surface area contributed by atoms with Crippen LogP contribution in [0.25, 0.3) is 0 Å². The predicted molar refractivity (Wildman–Crippen MR) is 121 cm³/mol. The molecule has 0 radical (unpaired) electrons. The Morgan fingerprint density at radius 3 is 2.43 bits per heavy atom. The Hall–Kier alpha value is -1.57. The average Bonchev–Trinajstić information content (AvgIpc) is 3.05. The predicted octanol–water partition coefficient (Wildman–Crippen LogP) is 2.90. The van der Waals surface area contributed by atoms with E-state index in [4.69, 9.17) is 9.47 Å². The molecule has 0 amide bonds. The van der Waals surface area contributed by atoms with Gasteiger partial charge in [-0.3, -0.25) is 0 Å². The van der Waals surface area contributed by atoms with Crippen LogP contribution in [-0.2, 0) is 16.4 Å². The lowest BCUT2D eigenvalue weighted by atomic mass is 10.1. The number of sulfone groups is 1. The third-order valence-corrected chi connectivity index (χ3v) is 6.73. The lowest BCUT2D eigenvalue weighted by molar-refractivity contribution is -0.0505. The molecular weight excluding hydrogens is 535 g/mol. The molecule has 2 rings (SSSR count). The van der Waals surface area contributed by atoms with Crippen molar-refractivity contribution in [3.8, 4) is 17.2 Å². The van der Waals surface area contributed by atoms with E-state index < -0.39 is 21.2 Å². The quantitative estimate of drug-likeness (QED) is 0.285. The number of hydrogen-bond acceptors (Lipinski definition) is 6. The van der Waals surface area contributed by atoms with Gasteiger partial charge in [0.25, 0.3) is 0 Å². The van der Waals surface area contributed by atoms with Crippen molar-refractivity contribution in [3.63, 3.8) is 0 Å². The van der Waals surface area contributed by atoms with Gasteiger partial charge < -0.3 is 24.8 Å². The second-order valence-electron chi connectivity index (χ2n) is 7.24. The van der Waals surface area contributed by atoms with Crippen LogP contribution in [0.5, 0.6) is 17.2 Å². The molecule has 0 aromatic heterocycles. The van der Waals surface area contributed by atoms with Crippen molar-refractivity contribution in [1.29, 1.82) is 0 Å². The Kier molecular flexibility index (Phi) is 9.85. The van der Waals surface area contributed by atoms with Gasteiger partial charge in [-0.2, -0.15) is 8.78 Å². The average molecular weight is 563 g/mol. The third-order valence-electron chi connectivity index (χ3n) is 4.12. The summed E-state index contributed by atoms with van der Waals surface area (Å²) in [4.78, 5) is 4.34. The standard InChI is InChI=1S/C18H27F2N3O5S.HI/c1-5-21-17(22-6-7-29(24,25)18(2,3)4)23-10-12-8-14-15(27-11-26-14)9-13(12)28-16(19)20;/h8-9,16H,5-7,10-11H2,1-4H3,(H2,21,22,23);1H. The highest BCUT2D eigenvalue weighted by molar-refractivity contribution is 14.0. The van der Waals surface area contributed by atoms with Gasteiger partial charge >= 0.3 is 6.61 Å². The summed E-state index contributed by atoms with van der Waals surface area (Å²) in [5, 5.41) is 5.94. The largest absolute Gasteiger partial charge is 0.454 e. The highest BCUT2D eigenvalue weighted by Gasteiger charge is 2.28. The summed E-state index contributed by atoms with van der Waals surface area (Å²) in [7, 11) is -3.28. The molecule has 0 spiro atoms. The van der Waals surface area contributed by atoms with Gasteiger partial charge in [0.1, 0.15) is 5.75 Å². The Morgan fingerprint density at radius 2 is 1.87 bits per heavy atom. The minimum atomic E-state index is -3.28. The van der Waals surface area contributed by atoms with E-state index in [1.54, 1.807) is 20.8 Å². The maximum atomic E-state index is 12.7. The third kappa shape index (κ3) is 7.29. The summed E-state index contributed by atoms with van der Waals surface area (Å²) in [6, 6.07) is 2.88. The van der Waals surface area contributed by atoms with Gasteiger partial charge in [0, 0.05) is 24.7 Å². The van der Waals surface area contributed by atoms with Crippen LogP contribution in [0.4, 0.5) is 8.78 Å². The van der Waals surface area contributed by atoms with Crippen LogP contribution in [0, 0.1) is 0 Å². The number of benzene rings is 1. The number of nitrogens with one attached hydrogen (secondary N) is 2. The number of alkyl halides is 2. The van der Waals surface area contributed by atoms with Gasteiger partial charge in [-0.05, 0) is 33.8 Å². The molecule has 0 unspecified atom stereocenters. The molecule has 1 aliphatic heterocycles. The summed E-state index contributed by atoms with van der Waals surface area (Å²) >= 11 is 0. The molecule has 0 saturated carbocycles. The molecule has 0 aliphatic carbocycles. The highest BCUT2D eigenvalue weighted by Crippen LogP contribution is 2.39. The Morgan fingerprint density at radius 1 is 1.23 bits per heavy atom. The fourth-order valence-corrected chi connectivity index (χ4v) is 3.39. The van der Waals surface area contributed by atoms with Gasteiger partial charge in [0.15, 0.2) is 27.3 Å². The van der Waals surface area contributed by atoms with E-state index in [1.165, 1.54) is 12.1 Å². The first kappa shape index (κ1) is 26.5. The maximum absolute atomic E-state index is 12.7. The number of halogens is 3. The first-order valence-electron chi connectivity index (χ1n) is 9.15. The molecule has 0 bridgehead atoms. The number of hydrogen-bond donors (Lipinski definition) is 2. The van der Waals surface area contributed by atoms with E-state index in [0.717, 1.165) is 0 Å². The summed E-state index contributed by atoms with van der Waals surface area (Å²) < 4.78 is 64.1. The zero-order chi connectivity index (χ0) is 21.7. The molecule has 0 saturated heterocycles. The van der Waals surface area contributed by atoms with E-state index in [1.807, 2.05) is 6.92 Å². The molecule has 0 atom stereocenters. The first-order chi connectivity index (χ1) is 13.5. The van der Waals surface area contributed by atoms with Crippen molar-refractivity contribution in [2.45, 2.75) is 45.6 Å². The summed E-state index contributed by atoms with van der Waals surface area (Å²) in [6.07, 6.45) is 0. The normalized spacial score (nSPS) is 13.8. The molecule has 0 fully saturated rings. The second kappa shape index (κ2) is 11.2. The van der Waals surface area contributed by atoms with Crippen LogP contribution in [0.1, 0.15) is 33.3 Å². The number of nitrogens with zero attached hydrogens (tertiary/aromatic N) is 1. The molecule has 2 N–H and O–H groups in total. The van der Waals surface area contributed by atoms with Crippen LogP contribution < -0.4 is 24.8 Å². The number of guanidine groups is 1. The minimum absolute atomic E-state index is 0. The minimum Gasteiger partial charge on any atom is -0.454 e. The molecule has 1 aromatic carbocycles. The van der Waals surface area contributed by atoms with E-state index in [-0.39, 0.29) is 55.4 Å². The molecule has 30 heavy (non-hydrogen) atoms. The van der Waals surface area contributed by atoms with Crippen LogP contribution >= 0.6 is 24.0 Å². The van der Waals surface area contributed by atoms with Gasteiger partial charge in [0.05, 0.1) is 17.0 Å². The summed E-state index contributed by atoms with van der Waals surface area (Å²) in [6.45, 7) is 4.51. The van der Waals surface area contributed by atoms with E-state index >= 15 is 0 Å². The van der Waals surface area contributed by atoms with Gasteiger partial charge in [-0.25, -0.2) is 13.4 Å². The zero-order valence-electron chi connectivity index (χ0n) is 17.3. The number of aliphatic imine (C=N–C) groups is 1. The van der Waals surface area contributed by atoms with Crippen LogP contribution in [0.2, 0.25) is 0 Å². The van der Waals surface area contributed by atoms with Crippen molar-refractivity contribution in [2.24, 2.45) is 4.99 Å². The van der Waals surface area contributed by atoms with Crippen molar-refractivity contribution in [1.82, 2.24) is 10.6 Å². The van der Waals surface area contributed by atoms with Crippen LogP contribution in [0.15, 0.2) is 17.1 Å². The Labute approximate surface area is 192 Å². The molecule has 1 aromatic rings. The fourth-order valence-electron chi connectivity index (χ4n) is 2.41. The topological polar surface area (TPSA) is 98.2 Å². The summed E-state index contributed by atoms with van der Waals surface area (Å²) in [5.74, 6) is 0.985. The van der Waals surface area contributed by atoms with E-state index in [9.17, 15) is 17.2 Å². The lowest BCUT2D eigenvalue weighted by Crippen LogP contribution is -2.41. The summed E-state index contributed by atoms with van der Waals surface area (Å²) in [5.41, 5.74) is 0.383. The molecule has 1 aliphatic rings. The van der Waals surface area contributed by atoms with Crippen molar-refractivity contribution >= 4 is 39.8 Å². The van der Waals surface area contributed by atoms with Crippen molar-refractivity contribution < 1.29 is 31.4 Å². The van der Waals surface area contributed by atoms with Crippen molar-refractivity contribution in [3.05, 3.63) is 17.7 Å². The monoisotopic (exact) mass is 563 g/mol.